The second-order valence-corrected chi connectivity index (χ2v) is 3.39. The van der Waals surface area contributed by atoms with E-state index in [1.54, 1.807) is 6.08 Å². The van der Waals surface area contributed by atoms with Crippen LogP contribution < -0.4 is 0 Å². The van der Waals surface area contributed by atoms with Gasteiger partial charge in [0.2, 0.25) is 0 Å². The Bertz CT molecular complexity index is 140. The Morgan fingerprint density at radius 2 is 2.18 bits per heavy atom. The van der Waals surface area contributed by atoms with Gasteiger partial charge in [0.05, 0.1) is 0 Å². The summed E-state index contributed by atoms with van der Waals surface area (Å²) in [6, 6.07) is 0. The van der Waals surface area contributed by atoms with Gasteiger partial charge in [-0.1, -0.05) is 25.5 Å². The lowest BCUT2D eigenvalue weighted by atomic mass is 9.92. The normalized spacial score (nSPS) is 32.9. The van der Waals surface area contributed by atoms with Crippen LogP contribution in [0.3, 0.4) is 0 Å². The van der Waals surface area contributed by atoms with Crippen molar-refractivity contribution in [2.24, 2.45) is 0 Å². The predicted molar refractivity (Wildman–Crippen MR) is 46.4 cm³/mol. The molecule has 0 spiro atoms. The quantitative estimate of drug-likeness (QED) is 0.508. The largest absolute Gasteiger partial charge is 0.239 e. The van der Waals surface area contributed by atoms with Gasteiger partial charge in [0.25, 0.3) is 0 Å². The first-order valence-corrected chi connectivity index (χ1v) is 4.63. The lowest BCUT2D eigenvalue weighted by molar-refractivity contribution is 0.198. The molecule has 1 heteroatoms. The highest BCUT2D eigenvalue weighted by Crippen LogP contribution is 2.27. The van der Waals surface area contributed by atoms with Crippen molar-refractivity contribution in [1.29, 1.82) is 0 Å². The minimum Gasteiger partial charge on any atom is -0.239 e. The van der Waals surface area contributed by atoms with Gasteiger partial charge in [-0.25, -0.2) is 4.39 Å². The van der Waals surface area contributed by atoms with Gasteiger partial charge in [-0.15, -0.1) is 0 Å². The van der Waals surface area contributed by atoms with Crippen LogP contribution in [-0.4, -0.2) is 5.67 Å². The van der Waals surface area contributed by atoms with Crippen LogP contribution in [0.1, 0.15) is 45.4 Å². The molecular weight excluding hydrogens is 139 g/mol. The third kappa shape index (κ3) is 2.64. The third-order valence-corrected chi connectivity index (χ3v) is 2.47. The topological polar surface area (TPSA) is 0 Å². The maximum absolute atomic E-state index is 13.7. The molecule has 0 radical (unpaired) electrons. The van der Waals surface area contributed by atoms with Gasteiger partial charge in [0.15, 0.2) is 0 Å². The molecule has 11 heavy (non-hydrogen) atoms. The van der Waals surface area contributed by atoms with E-state index in [2.05, 4.69) is 0 Å². The van der Waals surface area contributed by atoms with Crippen molar-refractivity contribution in [1.82, 2.24) is 0 Å². The van der Waals surface area contributed by atoms with E-state index in [1.807, 2.05) is 13.0 Å². The molecule has 0 aliphatic heterocycles. The fraction of sp³-hybridized carbons (Fsp3) is 0.800. The molecule has 0 saturated carbocycles. The Morgan fingerprint density at radius 1 is 1.36 bits per heavy atom. The van der Waals surface area contributed by atoms with E-state index in [0.29, 0.717) is 6.42 Å². The highest BCUT2D eigenvalue weighted by molar-refractivity contribution is 5.01. The highest BCUT2D eigenvalue weighted by Gasteiger charge is 2.23. The lowest BCUT2D eigenvalue weighted by Crippen LogP contribution is -2.18. The summed E-state index contributed by atoms with van der Waals surface area (Å²) in [5.41, 5.74) is -0.986. The number of rotatable bonds is 1. The molecule has 0 amide bonds. The zero-order chi connectivity index (χ0) is 8.16. The Kier molecular flexibility index (Phi) is 3.10. The van der Waals surface area contributed by atoms with E-state index in [1.165, 1.54) is 12.8 Å². The summed E-state index contributed by atoms with van der Waals surface area (Å²) < 4.78 is 13.7. The average molecular weight is 156 g/mol. The molecule has 0 aromatic carbocycles. The van der Waals surface area contributed by atoms with Gasteiger partial charge in [-0.3, -0.25) is 0 Å². The molecule has 1 atom stereocenters. The van der Waals surface area contributed by atoms with Gasteiger partial charge in [0, 0.05) is 0 Å². The molecule has 1 unspecified atom stereocenters. The number of halogens is 1. The van der Waals surface area contributed by atoms with E-state index in [-0.39, 0.29) is 0 Å². The molecule has 1 rings (SSSR count). The summed E-state index contributed by atoms with van der Waals surface area (Å²) in [6.45, 7) is 1.92. The smallest absolute Gasteiger partial charge is 0.128 e. The minimum atomic E-state index is -0.986. The van der Waals surface area contributed by atoms with Crippen LogP contribution in [0.5, 0.6) is 0 Å². The summed E-state index contributed by atoms with van der Waals surface area (Å²) >= 11 is 0. The van der Waals surface area contributed by atoms with Gasteiger partial charge in [0.1, 0.15) is 5.67 Å². The summed E-state index contributed by atoms with van der Waals surface area (Å²) in [4.78, 5) is 0. The predicted octanol–water partition coefficient (Wildman–Crippen LogP) is 3.63. The average Bonchev–Trinajstić information content (AvgIpc) is 1.98. The summed E-state index contributed by atoms with van der Waals surface area (Å²) in [7, 11) is 0. The van der Waals surface area contributed by atoms with Gasteiger partial charge in [-0.05, 0) is 32.1 Å². The Balaban J connectivity index is 2.54. The van der Waals surface area contributed by atoms with E-state index in [4.69, 9.17) is 0 Å². The SMILES string of the molecule is CCC1(F)C=CCCCCC1. The summed E-state index contributed by atoms with van der Waals surface area (Å²) in [6.07, 6.45) is 9.66. The van der Waals surface area contributed by atoms with E-state index in [9.17, 15) is 4.39 Å². The van der Waals surface area contributed by atoms with Gasteiger partial charge in [-0.2, -0.15) is 0 Å². The van der Waals surface area contributed by atoms with E-state index in [0.717, 1.165) is 19.3 Å². The zero-order valence-electron chi connectivity index (χ0n) is 7.28. The van der Waals surface area contributed by atoms with Crippen LogP contribution in [0.15, 0.2) is 12.2 Å². The molecular formula is C10H17F. The summed E-state index contributed by atoms with van der Waals surface area (Å²) in [5, 5.41) is 0. The van der Waals surface area contributed by atoms with Crippen LogP contribution in [0.25, 0.3) is 0 Å². The first-order valence-electron chi connectivity index (χ1n) is 4.63. The fourth-order valence-corrected chi connectivity index (χ4v) is 1.53. The van der Waals surface area contributed by atoms with Crippen molar-refractivity contribution in [2.45, 2.75) is 51.1 Å². The van der Waals surface area contributed by atoms with Crippen LogP contribution in [0.2, 0.25) is 0 Å². The first kappa shape index (κ1) is 8.76. The molecule has 0 N–H and O–H groups in total. The number of hydrogen-bond acceptors (Lipinski definition) is 0. The van der Waals surface area contributed by atoms with Crippen LogP contribution >= 0.6 is 0 Å². The zero-order valence-corrected chi connectivity index (χ0v) is 7.28. The molecule has 0 saturated heterocycles. The minimum absolute atomic E-state index is 0.628. The molecule has 0 heterocycles. The number of allylic oxidation sites excluding steroid dienone is 2. The van der Waals surface area contributed by atoms with Crippen molar-refractivity contribution in [2.75, 3.05) is 0 Å². The van der Waals surface area contributed by atoms with Gasteiger partial charge < -0.3 is 0 Å². The van der Waals surface area contributed by atoms with Crippen molar-refractivity contribution in [3.8, 4) is 0 Å². The number of hydrogen-bond donors (Lipinski definition) is 0. The first-order chi connectivity index (χ1) is 5.27. The van der Waals surface area contributed by atoms with Crippen molar-refractivity contribution in [3.63, 3.8) is 0 Å². The highest BCUT2D eigenvalue weighted by atomic mass is 19.1. The molecule has 0 aromatic rings. The number of alkyl halides is 1. The maximum Gasteiger partial charge on any atom is 0.128 e. The monoisotopic (exact) mass is 156 g/mol. The van der Waals surface area contributed by atoms with Crippen LogP contribution in [0, 0.1) is 0 Å². The van der Waals surface area contributed by atoms with Crippen LogP contribution in [0.4, 0.5) is 4.39 Å². The lowest BCUT2D eigenvalue weighted by Gasteiger charge is -2.21. The van der Waals surface area contributed by atoms with Crippen molar-refractivity contribution in [3.05, 3.63) is 12.2 Å². The van der Waals surface area contributed by atoms with E-state index < -0.39 is 5.67 Å². The fourth-order valence-electron chi connectivity index (χ4n) is 1.53. The molecule has 0 nitrogen and oxygen atoms in total. The maximum atomic E-state index is 13.7. The molecule has 1 aliphatic rings. The second kappa shape index (κ2) is 3.89. The van der Waals surface area contributed by atoms with Crippen LogP contribution in [-0.2, 0) is 0 Å². The summed E-state index contributed by atoms with van der Waals surface area (Å²) in [5.74, 6) is 0. The Labute approximate surface area is 68.5 Å². The standard InChI is InChI=1S/C10H17F/c1-2-10(11)8-6-4-3-5-7-9-10/h6,8H,2-5,7,9H2,1H3. The molecule has 1 aliphatic carbocycles. The third-order valence-electron chi connectivity index (χ3n) is 2.47. The molecule has 64 valence electrons. The van der Waals surface area contributed by atoms with Gasteiger partial charge >= 0.3 is 0 Å². The second-order valence-electron chi connectivity index (χ2n) is 3.39. The molecule has 0 aromatic heterocycles. The van der Waals surface area contributed by atoms with Crippen molar-refractivity contribution < 1.29 is 4.39 Å². The molecule has 0 fully saturated rings. The van der Waals surface area contributed by atoms with Crippen molar-refractivity contribution >= 4 is 0 Å². The Hall–Kier alpha value is -0.330. The van der Waals surface area contributed by atoms with E-state index >= 15 is 0 Å². The Morgan fingerprint density at radius 3 is 2.91 bits per heavy atom. The molecule has 0 bridgehead atoms.